The van der Waals surface area contributed by atoms with Gasteiger partial charge in [-0.25, -0.2) is 0 Å². The van der Waals surface area contributed by atoms with Gasteiger partial charge in [0.05, 0.1) is 23.5 Å². The lowest BCUT2D eigenvalue weighted by atomic mass is 10.2. The number of benzene rings is 2. The molecule has 2 amide bonds. The van der Waals surface area contributed by atoms with Gasteiger partial charge in [-0.2, -0.15) is 5.26 Å². The molecule has 132 valence electrons. The molecule has 0 radical (unpaired) electrons. The average Bonchev–Trinajstić information content (AvgIpc) is 3.43. The maximum atomic E-state index is 12.8. The van der Waals surface area contributed by atoms with Gasteiger partial charge < -0.3 is 10.2 Å². The fourth-order valence-corrected chi connectivity index (χ4v) is 3.12. The summed E-state index contributed by atoms with van der Waals surface area (Å²) in [6, 6.07) is 16.6. The van der Waals surface area contributed by atoms with Crippen LogP contribution in [0.2, 0.25) is 0 Å². The Kier molecular flexibility index (Phi) is 5.04. The molecule has 2 aromatic carbocycles. The molecule has 1 aliphatic carbocycles. The van der Waals surface area contributed by atoms with E-state index in [9.17, 15) is 9.59 Å². The van der Waals surface area contributed by atoms with Crippen molar-refractivity contribution in [3.05, 3.63) is 59.7 Å². The number of anilines is 2. The number of rotatable bonds is 5. The number of hydrogen-bond donors (Lipinski definition) is 1. The van der Waals surface area contributed by atoms with Crippen LogP contribution in [0.3, 0.4) is 0 Å². The van der Waals surface area contributed by atoms with E-state index < -0.39 is 0 Å². The molecule has 2 unspecified atom stereocenters. The number of aryl methyl sites for hydroxylation is 1. The lowest BCUT2D eigenvalue weighted by Gasteiger charge is -2.21. The summed E-state index contributed by atoms with van der Waals surface area (Å²) in [5.74, 6) is -0.774. The number of nitriles is 1. The van der Waals surface area contributed by atoms with Crippen LogP contribution >= 0.6 is 0 Å². The van der Waals surface area contributed by atoms with Gasteiger partial charge in [0.15, 0.2) is 0 Å². The highest BCUT2D eigenvalue weighted by Crippen LogP contribution is 2.41. The highest BCUT2D eigenvalue weighted by atomic mass is 16.2. The Bertz CT molecular complexity index is 885. The van der Waals surface area contributed by atoms with E-state index in [1.54, 1.807) is 29.2 Å². The smallest absolute Gasteiger partial charge is 0.230 e. The molecule has 1 N–H and O–H groups in total. The van der Waals surface area contributed by atoms with Gasteiger partial charge in [0, 0.05) is 17.9 Å². The lowest BCUT2D eigenvalue weighted by molar-refractivity contribution is -0.123. The molecular formula is C21H21N3O2. The second-order valence-electron chi connectivity index (χ2n) is 6.55. The number of nitrogens with one attached hydrogen (secondary N) is 1. The third-order valence-electron chi connectivity index (χ3n) is 4.60. The Morgan fingerprint density at radius 2 is 1.96 bits per heavy atom. The van der Waals surface area contributed by atoms with Crippen molar-refractivity contribution in [3.63, 3.8) is 0 Å². The van der Waals surface area contributed by atoms with Gasteiger partial charge in [-0.3, -0.25) is 9.59 Å². The standard InChI is InChI=1S/C21H21N3O2/c1-3-24(17-9-4-6-14(2)10-17)21(26)19-12-18(19)20(25)23-16-8-5-7-15(11-16)13-22/h4-11,18-19H,3,12H2,1-2H3,(H,23,25). The summed E-state index contributed by atoms with van der Waals surface area (Å²) in [7, 11) is 0. The van der Waals surface area contributed by atoms with E-state index in [-0.39, 0.29) is 23.7 Å². The molecule has 5 nitrogen and oxygen atoms in total. The van der Waals surface area contributed by atoms with Crippen molar-refractivity contribution in [2.24, 2.45) is 11.8 Å². The molecule has 0 spiro atoms. The molecule has 0 heterocycles. The summed E-state index contributed by atoms with van der Waals surface area (Å²) in [6.45, 7) is 4.49. The molecule has 1 aliphatic rings. The van der Waals surface area contributed by atoms with E-state index in [4.69, 9.17) is 5.26 Å². The van der Waals surface area contributed by atoms with Gasteiger partial charge in [-0.1, -0.05) is 18.2 Å². The zero-order valence-electron chi connectivity index (χ0n) is 14.9. The first-order chi connectivity index (χ1) is 12.5. The van der Waals surface area contributed by atoms with Crippen molar-refractivity contribution >= 4 is 23.2 Å². The third kappa shape index (κ3) is 3.75. The molecule has 2 aromatic rings. The van der Waals surface area contributed by atoms with Crippen LogP contribution < -0.4 is 10.2 Å². The summed E-state index contributed by atoms with van der Waals surface area (Å²) in [6.07, 6.45) is 0.560. The van der Waals surface area contributed by atoms with Crippen LogP contribution in [0.4, 0.5) is 11.4 Å². The van der Waals surface area contributed by atoms with Crippen molar-refractivity contribution in [2.75, 3.05) is 16.8 Å². The molecule has 0 bridgehead atoms. The summed E-state index contributed by atoms with van der Waals surface area (Å²) < 4.78 is 0. The van der Waals surface area contributed by atoms with Crippen LogP contribution in [-0.4, -0.2) is 18.4 Å². The van der Waals surface area contributed by atoms with E-state index in [1.165, 1.54) is 0 Å². The molecule has 2 atom stereocenters. The minimum absolute atomic E-state index is 0.0102. The normalized spacial score (nSPS) is 17.9. The Labute approximate surface area is 153 Å². The summed E-state index contributed by atoms with van der Waals surface area (Å²) in [4.78, 5) is 27.0. The Balaban J connectivity index is 1.65. The van der Waals surface area contributed by atoms with Crippen LogP contribution in [0.5, 0.6) is 0 Å². The molecular weight excluding hydrogens is 326 g/mol. The Morgan fingerprint density at radius 3 is 2.65 bits per heavy atom. The van der Waals surface area contributed by atoms with Gasteiger partial charge in [0.2, 0.25) is 11.8 Å². The molecule has 5 heteroatoms. The fraction of sp³-hybridized carbons (Fsp3) is 0.286. The van der Waals surface area contributed by atoms with Crippen LogP contribution in [-0.2, 0) is 9.59 Å². The largest absolute Gasteiger partial charge is 0.326 e. The minimum atomic E-state index is -0.313. The zero-order chi connectivity index (χ0) is 18.7. The first kappa shape index (κ1) is 17.7. The van der Waals surface area contributed by atoms with E-state index in [0.29, 0.717) is 24.2 Å². The zero-order valence-corrected chi connectivity index (χ0v) is 14.9. The predicted octanol–water partition coefficient (Wildman–Crippen LogP) is 3.49. The van der Waals surface area contributed by atoms with Gasteiger partial charge in [-0.05, 0) is 56.2 Å². The van der Waals surface area contributed by atoms with Gasteiger partial charge in [-0.15, -0.1) is 0 Å². The van der Waals surface area contributed by atoms with Crippen LogP contribution in [0, 0.1) is 30.1 Å². The Hall–Kier alpha value is -3.13. The second-order valence-corrected chi connectivity index (χ2v) is 6.55. The van der Waals surface area contributed by atoms with Crippen LogP contribution in [0.15, 0.2) is 48.5 Å². The topological polar surface area (TPSA) is 73.2 Å². The fourth-order valence-electron chi connectivity index (χ4n) is 3.12. The van der Waals surface area contributed by atoms with Gasteiger partial charge in [0.1, 0.15) is 0 Å². The SMILES string of the molecule is CCN(C(=O)C1CC1C(=O)Nc1cccc(C#N)c1)c1cccc(C)c1. The molecule has 1 fully saturated rings. The first-order valence-corrected chi connectivity index (χ1v) is 8.72. The molecule has 0 aromatic heterocycles. The highest BCUT2D eigenvalue weighted by molar-refractivity contribution is 6.04. The molecule has 3 rings (SSSR count). The summed E-state index contributed by atoms with van der Waals surface area (Å²) in [5, 5.41) is 11.7. The molecule has 26 heavy (non-hydrogen) atoms. The monoisotopic (exact) mass is 347 g/mol. The van der Waals surface area contributed by atoms with Crippen LogP contribution in [0.1, 0.15) is 24.5 Å². The average molecular weight is 347 g/mol. The van der Waals surface area contributed by atoms with Crippen molar-refractivity contribution in [1.82, 2.24) is 0 Å². The number of nitrogens with zero attached hydrogens (tertiary/aromatic N) is 2. The molecule has 0 saturated heterocycles. The second kappa shape index (κ2) is 7.40. The van der Waals surface area contributed by atoms with E-state index in [1.807, 2.05) is 44.2 Å². The third-order valence-corrected chi connectivity index (χ3v) is 4.60. The molecule has 0 aliphatic heterocycles. The van der Waals surface area contributed by atoms with E-state index in [2.05, 4.69) is 5.32 Å². The van der Waals surface area contributed by atoms with Gasteiger partial charge >= 0.3 is 0 Å². The lowest BCUT2D eigenvalue weighted by Crippen LogP contribution is -2.33. The maximum absolute atomic E-state index is 12.8. The van der Waals surface area contributed by atoms with Crippen molar-refractivity contribution < 1.29 is 9.59 Å². The Morgan fingerprint density at radius 1 is 1.19 bits per heavy atom. The van der Waals surface area contributed by atoms with Crippen molar-refractivity contribution in [2.45, 2.75) is 20.3 Å². The number of carbonyl (C=O) groups excluding carboxylic acids is 2. The van der Waals surface area contributed by atoms with Crippen LogP contribution in [0.25, 0.3) is 0 Å². The summed E-state index contributed by atoms with van der Waals surface area (Å²) in [5.41, 5.74) is 3.03. The number of carbonyl (C=O) groups is 2. The highest BCUT2D eigenvalue weighted by Gasteiger charge is 2.49. The minimum Gasteiger partial charge on any atom is -0.326 e. The van der Waals surface area contributed by atoms with Crippen molar-refractivity contribution in [3.8, 4) is 6.07 Å². The first-order valence-electron chi connectivity index (χ1n) is 8.72. The number of hydrogen-bond acceptors (Lipinski definition) is 3. The molecule has 1 saturated carbocycles. The quantitative estimate of drug-likeness (QED) is 0.900. The predicted molar refractivity (Wildman–Crippen MR) is 101 cm³/mol. The van der Waals surface area contributed by atoms with E-state index >= 15 is 0 Å². The van der Waals surface area contributed by atoms with E-state index in [0.717, 1.165) is 11.3 Å². The maximum Gasteiger partial charge on any atom is 0.230 e. The summed E-state index contributed by atoms with van der Waals surface area (Å²) >= 11 is 0. The number of amides is 2. The van der Waals surface area contributed by atoms with Gasteiger partial charge in [0.25, 0.3) is 0 Å². The van der Waals surface area contributed by atoms with Crippen molar-refractivity contribution in [1.29, 1.82) is 5.26 Å².